The summed E-state index contributed by atoms with van der Waals surface area (Å²) in [7, 11) is 0. The van der Waals surface area contributed by atoms with Gasteiger partial charge in [0.05, 0.1) is 0 Å². The molecule has 0 bridgehead atoms. The molecule has 1 aliphatic heterocycles. The van der Waals surface area contributed by atoms with Crippen LogP contribution in [-0.4, -0.2) is 29.6 Å². The van der Waals surface area contributed by atoms with Crippen LogP contribution in [0.4, 0.5) is 4.39 Å². The van der Waals surface area contributed by atoms with E-state index < -0.39 is 0 Å². The Bertz CT molecular complexity index is 471. The monoisotopic (exact) mass is 292 g/mol. The third-order valence-corrected chi connectivity index (χ3v) is 4.63. The van der Waals surface area contributed by atoms with E-state index in [2.05, 4.69) is 37.9 Å². The molecule has 1 atom stereocenters. The standard InChI is InChI=1S/C18H29FN2/c1-13-6-7-15(12-17(13)19)14(2)20-16-8-10-21(11-9-16)18(3,4)5/h6-7,12,14,16,20H,8-11H2,1-5H3. The summed E-state index contributed by atoms with van der Waals surface area (Å²) >= 11 is 0. The van der Waals surface area contributed by atoms with E-state index in [4.69, 9.17) is 0 Å². The van der Waals surface area contributed by atoms with Crippen molar-refractivity contribution in [1.82, 2.24) is 10.2 Å². The number of piperidine rings is 1. The van der Waals surface area contributed by atoms with Crippen LogP contribution in [0, 0.1) is 12.7 Å². The summed E-state index contributed by atoms with van der Waals surface area (Å²) in [6, 6.07) is 6.29. The molecule has 118 valence electrons. The van der Waals surface area contributed by atoms with Gasteiger partial charge in [0.1, 0.15) is 5.82 Å². The lowest BCUT2D eigenvalue weighted by Gasteiger charge is -2.41. The van der Waals surface area contributed by atoms with Crippen molar-refractivity contribution in [3.63, 3.8) is 0 Å². The topological polar surface area (TPSA) is 15.3 Å². The van der Waals surface area contributed by atoms with Crippen molar-refractivity contribution in [3.8, 4) is 0 Å². The van der Waals surface area contributed by atoms with E-state index in [0.717, 1.165) is 31.5 Å². The van der Waals surface area contributed by atoms with Crippen molar-refractivity contribution in [2.45, 2.75) is 65.1 Å². The molecule has 0 radical (unpaired) electrons. The fourth-order valence-corrected chi connectivity index (χ4v) is 3.05. The van der Waals surface area contributed by atoms with E-state index >= 15 is 0 Å². The largest absolute Gasteiger partial charge is 0.307 e. The molecule has 1 aromatic rings. The van der Waals surface area contributed by atoms with Gasteiger partial charge in [0.2, 0.25) is 0 Å². The second kappa shape index (κ2) is 6.45. The summed E-state index contributed by atoms with van der Waals surface area (Å²) in [5.74, 6) is -0.108. The minimum Gasteiger partial charge on any atom is -0.307 e. The van der Waals surface area contributed by atoms with E-state index in [-0.39, 0.29) is 17.4 Å². The number of likely N-dealkylation sites (tertiary alicyclic amines) is 1. The van der Waals surface area contributed by atoms with E-state index in [1.807, 2.05) is 12.1 Å². The van der Waals surface area contributed by atoms with Gasteiger partial charge in [0, 0.05) is 30.7 Å². The predicted octanol–water partition coefficient (Wildman–Crippen LogP) is 4.05. The van der Waals surface area contributed by atoms with Gasteiger partial charge in [-0.2, -0.15) is 0 Å². The van der Waals surface area contributed by atoms with Crippen LogP contribution in [0.1, 0.15) is 57.7 Å². The molecular weight excluding hydrogens is 263 g/mol. The van der Waals surface area contributed by atoms with E-state index in [0.29, 0.717) is 11.6 Å². The third kappa shape index (κ3) is 4.27. The number of aryl methyl sites for hydroxylation is 1. The van der Waals surface area contributed by atoms with E-state index in [1.165, 1.54) is 0 Å². The van der Waals surface area contributed by atoms with Crippen molar-refractivity contribution in [2.75, 3.05) is 13.1 Å². The molecule has 1 fully saturated rings. The van der Waals surface area contributed by atoms with Gasteiger partial charge >= 0.3 is 0 Å². The minimum atomic E-state index is -0.108. The van der Waals surface area contributed by atoms with Crippen molar-refractivity contribution < 1.29 is 4.39 Å². The maximum absolute atomic E-state index is 13.7. The Hall–Kier alpha value is -0.930. The molecule has 0 aromatic heterocycles. The number of benzene rings is 1. The number of hydrogen-bond donors (Lipinski definition) is 1. The van der Waals surface area contributed by atoms with Crippen molar-refractivity contribution >= 4 is 0 Å². The Morgan fingerprint density at radius 1 is 1.24 bits per heavy atom. The first kappa shape index (κ1) is 16.4. The maximum atomic E-state index is 13.7. The molecule has 0 saturated carbocycles. The highest BCUT2D eigenvalue weighted by molar-refractivity contribution is 5.25. The van der Waals surface area contributed by atoms with E-state index in [9.17, 15) is 4.39 Å². The molecule has 1 aliphatic rings. The van der Waals surface area contributed by atoms with Gasteiger partial charge in [-0.15, -0.1) is 0 Å². The second-order valence-electron chi connectivity index (χ2n) is 7.33. The number of rotatable bonds is 3. The molecule has 0 amide bonds. The molecule has 2 rings (SSSR count). The number of nitrogens with zero attached hydrogens (tertiary/aromatic N) is 1. The highest BCUT2D eigenvalue weighted by Gasteiger charge is 2.27. The normalized spacial score (nSPS) is 19.7. The first-order chi connectivity index (χ1) is 9.77. The molecular formula is C18H29FN2. The summed E-state index contributed by atoms with van der Waals surface area (Å²) in [4.78, 5) is 2.54. The van der Waals surface area contributed by atoms with Crippen LogP contribution < -0.4 is 5.32 Å². The SMILES string of the molecule is Cc1ccc(C(C)NC2CCN(C(C)(C)C)CC2)cc1F. The zero-order valence-corrected chi connectivity index (χ0v) is 14.0. The lowest BCUT2D eigenvalue weighted by molar-refractivity contribution is 0.0942. The first-order valence-corrected chi connectivity index (χ1v) is 8.04. The molecule has 0 aliphatic carbocycles. The zero-order valence-electron chi connectivity index (χ0n) is 14.0. The Morgan fingerprint density at radius 2 is 1.86 bits per heavy atom. The second-order valence-corrected chi connectivity index (χ2v) is 7.33. The van der Waals surface area contributed by atoms with Crippen LogP contribution in [0.2, 0.25) is 0 Å². The van der Waals surface area contributed by atoms with Crippen molar-refractivity contribution in [3.05, 3.63) is 35.1 Å². The van der Waals surface area contributed by atoms with Gasteiger partial charge in [-0.25, -0.2) is 4.39 Å². The van der Waals surface area contributed by atoms with Crippen molar-refractivity contribution in [1.29, 1.82) is 0 Å². The molecule has 1 unspecified atom stereocenters. The first-order valence-electron chi connectivity index (χ1n) is 8.04. The molecule has 1 N–H and O–H groups in total. The Kier molecular flexibility index (Phi) is 5.05. The van der Waals surface area contributed by atoms with Gasteiger partial charge in [0.25, 0.3) is 0 Å². The molecule has 1 aromatic carbocycles. The lowest BCUT2D eigenvalue weighted by Crippen LogP contribution is -2.50. The summed E-state index contributed by atoms with van der Waals surface area (Å²) < 4.78 is 13.7. The Labute approximate surface area is 128 Å². The van der Waals surface area contributed by atoms with Gasteiger partial charge in [-0.3, -0.25) is 4.90 Å². The summed E-state index contributed by atoms with van der Waals surface area (Å²) in [6.07, 6.45) is 2.33. The maximum Gasteiger partial charge on any atom is 0.126 e. The molecule has 2 nitrogen and oxygen atoms in total. The predicted molar refractivity (Wildman–Crippen MR) is 87.0 cm³/mol. The Balaban J connectivity index is 1.89. The summed E-state index contributed by atoms with van der Waals surface area (Å²) in [5, 5.41) is 3.66. The van der Waals surface area contributed by atoms with Crippen LogP contribution >= 0.6 is 0 Å². The fraction of sp³-hybridized carbons (Fsp3) is 0.667. The average Bonchev–Trinajstić information content (AvgIpc) is 2.41. The number of nitrogens with one attached hydrogen (secondary N) is 1. The van der Waals surface area contributed by atoms with Gasteiger partial charge in [0.15, 0.2) is 0 Å². The van der Waals surface area contributed by atoms with Gasteiger partial charge in [-0.1, -0.05) is 12.1 Å². The van der Waals surface area contributed by atoms with Crippen LogP contribution in [0.25, 0.3) is 0 Å². The summed E-state index contributed by atoms with van der Waals surface area (Å²) in [6.45, 7) is 13.0. The number of halogens is 1. The molecule has 1 saturated heterocycles. The van der Waals surface area contributed by atoms with Crippen LogP contribution in [0.5, 0.6) is 0 Å². The molecule has 0 spiro atoms. The molecule has 1 heterocycles. The van der Waals surface area contributed by atoms with E-state index in [1.54, 1.807) is 13.0 Å². The van der Waals surface area contributed by atoms with Crippen LogP contribution in [-0.2, 0) is 0 Å². The quantitative estimate of drug-likeness (QED) is 0.904. The molecule has 3 heteroatoms. The highest BCUT2D eigenvalue weighted by Crippen LogP contribution is 2.23. The average molecular weight is 292 g/mol. The third-order valence-electron chi connectivity index (χ3n) is 4.63. The minimum absolute atomic E-state index is 0.108. The smallest absolute Gasteiger partial charge is 0.126 e. The lowest BCUT2D eigenvalue weighted by atomic mass is 9.96. The Morgan fingerprint density at radius 3 is 2.38 bits per heavy atom. The van der Waals surface area contributed by atoms with Crippen LogP contribution in [0.3, 0.4) is 0 Å². The van der Waals surface area contributed by atoms with Crippen molar-refractivity contribution in [2.24, 2.45) is 0 Å². The zero-order chi connectivity index (χ0) is 15.6. The van der Waals surface area contributed by atoms with Crippen LogP contribution in [0.15, 0.2) is 18.2 Å². The number of hydrogen-bond acceptors (Lipinski definition) is 2. The summed E-state index contributed by atoms with van der Waals surface area (Å²) in [5.41, 5.74) is 2.01. The fourth-order valence-electron chi connectivity index (χ4n) is 3.05. The molecule has 21 heavy (non-hydrogen) atoms. The highest BCUT2D eigenvalue weighted by atomic mass is 19.1. The van der Waals surface area contributed by atoms with Gasteiger partial charge < -0.3 is 5.32 Å². The van der Waals surface area contributed by atoms with Gasteiger partial charge in [-0.05, 0) is 64.7 Å².